The number of hydrogen-bond donors (Lipinski definition) is 4. The fourth-order valence-electron chi connectivity index (χ4n) is 2.09. The zero-order chi connectivity index (χ0) is 21.9. The van der Waals surface area contributed by atoms with Crippen molar-refractivity contribution in [1.82, 2.24) is 5.32 Å². The van der Waals surface area contributed by atoms with Crippen LogP contribution < -0.4 is 19.9 Å². The maximum atomic E-state index is 12.4. The highest BCUT2D eigenvalue weighted by atomic mass is 32.2. The van der Waals surface area contributed by atoms with Gasteiger partial charge in [-0.1, -0.05) is 6.07 Å². The van der Waals surface area contributed by atoms with Crippen LogP contribution in [0.2, 0.25) is 0 Å². The Morgan fingerprint density at radius 3 is 2.00 bits per heavy atom. The minimum absolute atomic E-state index is 0.0179. The molecule has 0 aliphatic carbocycles. The van der Waals surface area contributed by atoms with Crippen LogP contribution in [0.4, 0.5) is 24.5 Å². The number of hydrogen-bond acceptors (Lipinski definition) is 5. The van der Waals surface area contributed by atoms with Gasteiger partial charge >= 0.3 is 6.18 Å². The van der Waals surface area contributed by atoms with Crippen molar-refractivity contribution in [3.63, 3.8) is 0 Å². The second-order valence-corrected chi connectivity index (χ2v) is 8.63. The van der Waals surface area contributed by atoms with Crippen molar-refractivity contribution in [2.24, 2.45) is 5.14 Å². The summed E-state index contributed by atoms with van der Waals surface area (Å²) in [4.78, 5) is 11.4. The Balaban J connectivity index is 2.14. The molecule has 0 heterocycles. The van der Waals surface area contributed by atoms with E-state index in [-0.39, 0.29) is 21.8 Å². The van der Waals surface area contributed by atoms with Crippen LogP contribution >= 0.6 is 0 Å². The van der Waals surface area contributed by atoms with Crippen LogP contribution in [0.25, 0.3) is 0 Å². The van der Waals surface area contributed by atoms with E-state index in [4.69, 9.17) is 5.14 Å². The molecule has 2 aromatic rings. The van der Waals surface area contributed by atoms with E-state index in [1.807, 2.05) is 4.72 Å². The zero-order valence-corrected chi connectivity index (χ0v) is 16.0. The lowest BCUT2D eigenvalue weighted by Gasteiger charge is -2.11. The summed E-state index contributed by atoms with van der Waals surface area (Å²) in [5.74, 6) is -1.01. The maximum Gasteiger partial charge on any atom is 0.405 e. The normalized spacial score (nSPS) is 12.3. The molecule has 0 aliphatic heterocycles. The van der Waals surface area contributed by atoms with E-state index in [0.717, 1.165) is 24.3 Å². The Labute approximate surface area is 164 Å². The molecular weight excluding hydrogens is 437 g/mol. The average molecular weight is 452 g/mol. The third-order valence-corrected chi connectivity index (χ3v) is 5.17. The molecule has 2 rings (SSSR count). The number of carbonyl (C=O) groups is 1. The quantitative estimate of drug-likeness (QED) is 0.501. The largest absolute Gasteiger partial charge is 0.405 e. The van der Waals surface area contributed by atoms with Crippen LogP contribution in [0.3, 0.4) is 0 Å². The van der Waals surface area contributed by atoms with Gasteiger partial charge in [0, 0.05) is 5.56 Å². The van der Waals surface area contributed by atoms with E-state index in [9.17, 15) is 34.8 Å². The number of rotatable bonds is 7. The Morgan fingerprint density at radius 2 is 1.48 bits per heavy atom. The molecule has 5 N–H and O–H groups in total. The van der Waals surface area contributed by atoms with Crippen LogP contribution in [0.5, 0.6) is 0 Å². The van der Waals surface area contributed by atoms with Crippen molar-refractivity contribution < 1.29 is 34.8 Å². The summed E-state index contributed by atoms with van der Waals surface area (Å²) in [7, 11) is -8.17. The van der Waals surface area contributed by atoms with Crippen molar-refractivity contribution in [1.29, 1.82) is 0 Å². The van der Waals surface area contributed by atoms with E-state index in [2.05, 4.69) is 4.72 Å². The van der Waals surface area contributed by atoms with E-state index >= 15 is 0 Å². The van der Waals surface area contributed by atoms with Gasteiger partial charge in [-0.15, -0.1) is 0 Å². The van der Waals surface area contributed by atoms with Crippen LogP contribution in [0, 0.1) is 0 Å². The predicted molar refractivity (Wildman–Crippen MR) is 98.8 cm³/mol. The lowest BCUT2D eigenvalue weighted by molar-refractivity contribution is -0.123. The first-order valence-corrected chi connectivity index (χ1v) is 10.7. The van der Waals surface area contributed by atoms with E-state index < -0.39 is 38.9 Å². The van der Waals surface area contributed by atoms with E-state index in [1.54, 1.807) is 5.32 Å². The van der Waals surface area contributed by atoms with Crippen molar-refractivity contribution in [3.05, 3.63) is 54.1 Å². The molecule has 2 aromatic carbocycles. The topological polar surface area (TPSA) is 147 Å². The Morgan fingerprint density at radius 1 is 0.931 bits per heavy atom. The highest BCUT2D eigenvalue weighted by molar-refractivity contribution is 7.92. The number of nitrogens with one attached hydrogen (secondary N) is 3. The zero-order valence-electron chi connectivity index (χ0n) is 14.4. The molecule has 14 heteroatoms. The molecule has 0 unspecified atom stereocenters. The highest BCUT2D eigenvalue weighted by Crippen LogP contribution is 2.20. The van der Waals surface area contributed by atoms with Gasteiger partial charge in [-0.2, -0.15) is 21.6 Å². The number of amides is 1. The van der Waals surface area contributed by atoms with Crippen LogP contribution in [-0.4, -0.2) is 35.5 Å². The molecule has 0 aromatic heterocycles. The number of halogens is 3. The van der Waals surface area contributed by atoms with Gasteiger partial charge in [-0.25, -0.2) is 13.6 Å². The minimum atomic E-state index is -4.57. The van der Waals surface area contributed by atoms with Crippen molar-refractivity contribution in [2.45, 2.75) is 11.1 Å². The van der Waals surface area contributed by atoms with Crippen LogP contribution in [0.1, 0.15) is 10.4 Å². The lowest BCUT2D eigenvalue weighted by Crippen LogP contribution is -2.33. The number of nitrogens with two attached hydrogens (primary N) is 1. The number of sulfonamides is 1. The molecule has 0 bridgehead atoms. The third-order valence-electron chi connectivity index (χ3n) is 3.25. The fraction of sp³-hybridized carbons (Fsp3) is 0.133. The molecule has 158 valence electrons. The van der Waals surface area contributed by atoms with Gasteiger partial charge in [-0.3, -0.25) is 14.2 Å². The molecule has 0 spiro atoms. The molecule has 0 fully saturated rings. The minimum Gasteiger partial charge on any atom is -0.343 e. The number of carbonyl (C=O) groups excluding carboxylic acids is 1. The molecule has 0 saturated carbocycles. The Hall–Kier alpha value is -2.84. The number of benzene rings is 2. The molecule has 0 atom stereocenters. The Kier molecular flexibility index (Phi) is 6.40. The van der Waals surface area contributed by atoms with Gasteiger partial charge < -0.3 is 5.32 Å². The first-order chi connectivity index (χ1) is 13.3. The van der Waals surface area contributed by atoms with Crippen LogP contribution in [-0.2, 0) is 20.2 Å². The molecule has 29 heavy (non-hydrogen) atoms. The molecule has 0 aliphatic rings. The SMILES string of the molecule is NS(=O)(=O)Nc1cccc(NS(=O)(=O)c2ccc(C(=O)NCC(F)(F)F)cc2)c1. The summed E-state index contributed by atoms with van der Waals surface area (Å²) in [5, 5.41) is 6.51. The Bertz CT molecular complexity index is 1100. The number of anilines is 2. The highest BCUT2D eigenvalue weighted by Gasteiger charge is 2.28. The third kappa shape index (κ3) is 7.24. The fourth-order valence-corrected chi connectivity index (χ4v) is 3.60. The molecule has 0 radical (unpaired) electrons. The molecule has 1 amide bonds. The standard InChI is InChI=1S/C15H15F3N4O5S2/c16-15(17,18)9-20-14(23)10-4-6-13(7-5-10)28(24,25)21-11-2-1-3-12(8-11)22-29(19,26)27/h1-8,21-22H,9H2,(H,20,23)(H2,19,26,27). The van der Waals surface area contributed by atoms with Crippen molar-refractivity contribution >= 4 is 37.5 Å². The second-order valence-electron chi connectivity index (χ2n) is 5.66. The summed E-state index contributed by atoms with van der Waals surface area (Å²) in [6.07, 6.45) is -4.57. The summed E-state index contributed by atoms with van der Waals surface area (Å²) in [6, 6.07) is 9.44. The van der Waals surface area contributed by atoms with Crippen LogP contribution in [0.15, 0.2) is 53.4 Å². The van der Waals surface area contributed by atoms with Gasteiger partial charge in [-0.05, 0) is 42.5 Å². The lowest BCUT2D eigenvalue weighted by atomic mass is 10.2. The predicted octanol–water partition coefficient (Wildman–Crippen LogP) is 1.39. The smallest absolute Gasteiger partial charge is 0.343 e. The monoisotopic (exact) mass is 452 g/mol. The molecule has 0 saturated heterocycles. The first-order valence-electron chi connectivity index (χ1n) is 7.64. The maximum absolute atomic E-state index is 12.4. The van der Waals surface area contributed by atoms with E-state index in [1.165, 1.54) is 24.3 Å². The summed E-state index contributed by atoms with van der Waals surface area (Å²) in [6.45, 7) is -1.52. The second kappa shape index (κ2) is 8.26. The van der Waals surface area contributed by atoms with Gasteiger partial charge in [0.2, 0.25) is 0 Å². The molecular formula is C15H15F3N4O5S2. The number of alkyl halides is 3. The van der Waals surface area contributed by atoms with E-state index in [0.29, 0.717) is 0 Å². The summed E-state index contributed by atoms with van der Waals surface area (Å²) in [5.41, 5.74) is -0.123. The molecule has 9 nitrogen and oxygen atoms in total. The van der Waals surface area contributed by atoms with Gasteiger partial charge in [0.25, 0.3) is 26.1 Å². The summed E-state index contributed by atoms with van der Waals surface area (Å²) >= 11 is 0. The average Bonchev–Trinajstić information content (AvgIpc) is 2.57. The van der Waals surface area contributed by atoms with Crippen molar-refractivity contribution in [3.8, 4) is 0 Å². The first kappa shape index (κ1) is 22.4. The van der Waals surface area contributed by atoms with Crippen molar-refractivity contribution in [2.75, 3.05) is 16.0 Å². The summed E-state index contributed by atoms with van der Waals surface area (Å²) < 4.78 is 87.5. The van der Waals surface area contributed by atoms with Gasteiger partial charge in [0.1, 0.15) is 6.54 Å². The van der Waals surface area contributed by atoms with Gasteiger partial charge in [0.05, 0.1) is 16.3 Å². The van der Waals surface area contributed by atoms with Gasteiger partial charge in [0.15, 0.2) is 0 Å².